The van der Waals surface area contributed by atoms with Crippen molar-refractivity contribution < 1.29 is 10.0 Å². The third kappa shape index (κ3) is 4.44. The number of carbonyl (C=O) groups is 1. The summed E-state index contributed by atoms with van der Waals surface area (Å²) in [6, 6.07) is 8.33. The topological polar surface area (TPSA) is 52.6 Å². The predicted molar refractivity (Wildman–Crippen MR) is 107 cm³/mol. The molecule has 2 atom stereocenters. The molecule has 4 fully saturated rings. The van der Waals surface area contributed by atoms with Crippen molar-refractivity contribution in [3.63, 3.8) is 0 Å². The van der Waals surface area contributed by atoms with E-state index in [2.05, 4.69) is 24.1 Å². The molecule has 0 heterocycles. The molecule has 1 amide bonds. The molecule has 4 nitrogen and oxygen atoms in total. The van der Waals surface area contributed by atoms with E-state index in [1.165, 1.54) is 63.1 Å². The Morgan fingerprint density at radius 1 is 1.15 bits per heavy atom. The molecule has 4 aliphatic carbocycles. The summed E-state index contributed by atoms with van der Waals surface area (Å²) in [7, 11) is 2.27. The molecule has 0 aliphatic heterocycles. The number of nitrogens with zero attached hydrogens (tertiary/aromatic N) is 1. The lowest BCUT2D eigenvalue weighted by atomic mass is 9.58. The summed E-state index contributed by atoms with van der Waals surface area (Å²) in [4.78, 5) is 13.6. The van der Waals surface area contributed by atoms with Gasteiger partial charge >= 0.3 is 0 Å². The van der Waals surface area contributed by atoms with Crippen molar-refractivity contribution in [3.05, 3.63) is 41.5 Å². The van der Waals surface area contributed by atoms with Crippen LogP contribution >= 0.6 is 0 Å². The van der Waals surface area contributed by atoms with Crippen LogP contribution in [0.4, 0.5) is 0 Å². The largest absolute Gasteiger partial charge is 0.302 e. The fourth-order valence-electron chi connectivity index (χ4n) is 6.45. The van der Waals surface area contributed by atoms with E-state index in [9.17, 15) is 4.79 Å². The highest BCUT2D eigenvalue weighted by Gasteiger charge is 2.48. The summed E-state index contributed by atoms with van der Waals surface area (Å²) in [6.07, 6.45) is 13.4. The summed E-state index contributed by atoms with van der Waals surface area (Å²) in [6.45, 7) is 2.21. The first-order valence-electron chi connectivity index (χ1n) is 10.4. The molecule has 4 aliphatic rings. The Morgan fingerprint density at radius 2 is 1.78 bits per heavy atom. The number of carbonyl (C=O) groups excluding carboxylic acids is 1. The maximum absolute atomic E-state index is 11.1. The molecular formula is C23H32N2O2. The monoisotopic (exact) mass is 368 g/mol. The average Bonchev–Trinajstić information content (AvgIpc) is 2.85. The van der Waals surface area contributed by atoms with E-state index in [4.69, 9.17) is 5.21 Å². The summed E-state index contributed by atoms with van der Waals surface area (Å²) in [5.41, 5.74) is 4.45. The Hall–Kier alpha value is -1.65. The number of hydrogen-bond acceptors (Lipinski definition) is 3. The number of benzene rings is 1. The standard InChI is InChI=1S/C23H32N2O2/c1-25(15-18-4-2-17(3-5-18)8-9-22(26)24-27)16-23-12-19-6-7-20(13-23)11-21(10-19)14-23/h2-5,8-9,19-21,27H,6-7,10-16H2,1H3,(H,24,26)/b9-8+. The van der Waals surface area contributed by atoms with Crippen LogP contribution < -0.4 is 5.48 Å². The molecule has 4 bridgehead atoms. The van der Waals surface area contributed by atoms with Gasteiger partial charge in [-0.3, -0.25) is 10.0 Å². The number of hydroxylamine groups is 1. The maximum atomic E-state index is 11.1. The van der Waals surface area contributed by atoms with E-state index >= 15 is 0 Å². The van der Waals surface area contributed by atoms with Gasteiger partial charge in [0.25, 0.3) is 5.91 Å². The first kappa shape index (κ1) is 18.7. The normalized spacial score (nSPS) is 32.2. The smallest absolute Gasteiger partial charge is 0.267 e. The molecule has 146 valence electrons. The van der Waals surface area contributed by atoms with E-state index in [1.54, 1.807) is 11.6 Å². The second kappa shape index (κ2) is 7.76. The number of hydrogen-bond donors (Lipinski definition) is 2. The fourth-order valence-corrected chi connectivity index (χ4v) is 6.45. The molecule has 4 saturated carbocycles. The van der Waals surface area contributed by atoms with Crippen molar-refractivity contribution in [3.8, 4) is 0 Å². The quantitative estimate of drug-likeness (QED) is 0.448. The average molecular weight is 369 g/mol. The molecule has 0 spiro atoms. The third-order valence-electron chi connectivity index (χ3n) is 7.06. The molecule has 2 unspecified atom stereocenters. The minimum atomic E-state index is -0.509. The number of nitrogens with one attached hydrogen (secondary N) is 1. The van der Waals surface area contributed by atoms with E-state index < -0.39 is 5.91 Å². The lowest BCUT2D eigenvalue weighted by molar-refractivity contribution is -0.124. The zero-order valence-corrected chi connectivity index (χ0v) is 16.4. The molecule has 27 heavy (non-hydrogen) atoms. The molecule has 4 heteroatoms. The van der Waals surface area contributed by atoms with Crippen LogP contribution in [0.2, 0.25) is 0 Å². The lowest BCUT2D eigenvalue weighted by Gasteiger charge is -2.50. The van der Waals surface area contributed by atoms with E-state index in [-0.39, 0.29) is 0 Å². The Bertz CT molecular complexity index is 681. The second-order valence-corrected chi connectivity index (χ2v) is 9.48. The highest BCUT2D eigenvalue weighted by atomic mass is 16.5. The molecule has 2 N–H and O–H groups in total. The van der Waals surface area contributed by atoms with E-state index in [1.807, 2.05) is 12.1 Å². The fraction of sp³-hybridized carbons (Fsp3) is 0.609. The minimum Gasteiger partial charge on any atom is -0.302 e. The summed E-state index contributed by atoms with van der Waals surface area (Å²) >= 11 is 0. The van der Waals surface area contributed by atoms with Gasteiger partial charge in [-0.2, -0.15) is 0 Å². The first-order valence-corrected chi connectivity index (χ1v) is 10.4. The van der Waals surface area contributed by atoms with Gasteiger partial charge in [-0.1, -0.05) is 37.1 Å². The number of fused-ring (bicyclic) bond motifs is 1. The van der Waals surface area contributed by atoms with Crippen LogP contribution in [0, 0.1) is 23.2 Å². The van der Waals surface area contributed by atoms with Crippen LogP contribution in [0.15, 0.2) is 30.3 Å². The van der Waals surface area contributed by atoms with Gasteiger partial charge in [0.15, 0.2) is 0 Å². The van der Waals surface area contributed by atoms with Crippen LogP contribution in [0.25, 0.3) is 6.08 Å². The van der Waals surface area contributed by atoms with Crippen LogP contribution in [0.1, 0.15) is 56.1 Å². The molecule has 1 aromatic rings. The van der Waals surface area contributed by atoms with Gasteiger partial charge < -0.3 is 4.90 Å². The van der Waals surface area contributed by atoms with Gasteiger partial charge in [0, 0.05) is 19.2 Å². The molecule has 0 radical (unpaired) electrons. The van der Waals surface area contributed by atoms with Gasteiger partial charge in [0.1, 0.15) is 0 Å². The lowest BCUT2D eigenvalue weighted by Crippen LogP contribution is -2.44. The van der Waals surface area contributed by atoms with Crippen molar-refractivity contribution in [2.24, 2.45) is 23.2 Å². The number of amides is 1. The van der Waals surface area contributed by atoms with Gasteiger partial charge in [-0.15, -0.1) is 0 Å². The number of rotatable bonds is 6. The minimum absolute atomic E-state index is 0.509. The Balaban J connectivity index is 1.36. The van der Waals surface area contributed by atoms with E-state index in [0.717, 1.165) is 29.9 Å². The second-order valence-electron chi connectivity index (χ2n) is 9.48. The summed E-state index contributed by atoms with van der Waals surface area (Å²) in [5.74, 6) is 2.48. The highest BCUT2D eigenvalue weighted by Crippen LogP contribution is 2.57. The van der Waals surface area contributed by atoms with Crippen molar-refractivity contribution >= 4 is 12.0 Å². The van der Waals surface area contributed by atoms with E-state index in [0.29, 0.717) is 5.41 Å². The Morgan fingerprint density at radius 3 is 2.41 bits per heavy atom. The third-order valence-corrected chi connectivity index (χ3v) is 7.06. The van der Waals surface area contributed by atoms with Crippen LogP contribution in [0.5, 0.6) is 0 Å². The van der Waals surface area contributed by atoms with Crippen molar-refractivity contribution in [2.75, 3.05) is 13.6 Å². The van der Waals surface area contributed by atoms with Crippen molar-refractivity contribution in [1.29, 1.82) is 0 Å². The zero-order valence-electron chi connectivity index (χ0n) is 16.4. The van der Waals surface area contributed by atoms with Gasteiger partial charge in [0.05, 0.1) is 0 Å². The maximum Gasteiger partial charge on any atom is 0.267 e. The Kier molecular flexibility index (Phi) is 5.38. The van der Waals surface area contributed by atoms with Gasteiger partial charge in [-0.05, 0) is 79.5 Å². The molecule has 1 aromatic carbocycles. The van der Waals surface area contributed by atoms with Crippen LogP contribution in [0.3, 0.4) is 0 Å². The molecule has 0 aromatic heterocycles. The summed E-state index contributed by atoms with van der Waals surface area (Å²) < 4.78 is 0. The first-order chi connectivity index (χ1) is 13.0. The zero-order chi connectivity index (χ0) is 18.9. The molecule has 0 saturated heterocycles. The van der Waals surface area contributed by atoms with Crippen molar-refractivity contribution in [1.82, 2.24) is 10.4 Å². The molecule has 5 rings (SSSR count). The van der Waals surface area contributed by atoms with Gasteiger partial charge in [0.2, 0.25) is 0 Å². The highest BCUT2D eigenvalue weighted by molar-refractivity contribution is 5.90. The SMILES string of the molecule is CN(Cc1ccc(/C=C/C(=O)NO)cc1)CC12CC3CCC(CC(C3)C1)C2. The Labute approximate surface area is 162 Å². The van der Waals surface area contributed by atoms with Crippen molar-refractivity contribution in [2.45, 2.75) is 51.5 Å². The molecular weight excluding hydrogens is 336 g/mol. The van der Waals surface area contributed by atoms with Crippen LogP contribution in [-0.2, 0) is 11.3 Å². The van der Waals surface area contributed by atoms with Crippen LogP contribution in [-0.4, -0.2) is 29.6 Å². The predicted octanol–water partition coefficient (Wildman–Crippen LogP) is 4.24. The summed E-state index contributed by atoms with van der Waals surface area (Å²) in [5, 5.41) is 8.53. The van der Waals surface area contributed by atoms with Gasteiger partial charge in [-0.25, -0.2) is 5.48 Å².